The highest BCUT2D eigenvalue weighted by Gasteiger charge is 2.16. The quantitative estimate of drug-likeness (QED) is 0.582. The summed E-state index contributed by atoms with van der Waals surface area (Å²) < 4.78 is 33.3. The summed E-state index contributed by atoms with van der Waals surface area (Å²) in [6.07, 6.45) is 6.86. The maximum atomic E-state index is 12.1. The van der Waals surface area contributed by atoms with Gasteiger partial charge in [-0.15, -0.1) is 0 Å². The number of esters is 1. The summed E-state index contributed by atoms with van der Waals surface area (Å²) in [5.74, 6) is -0.772. The van der Waals surface area contributed by atoms with E-state index in [4.69, 9.17) is 4.74 Å². The van der Waals surface area contributed by atoms with Crippen molar-refractivity contribution >= 4 is 18.0 Å². The van der Waals surface area contributed by atoms with Crippen LogP contribution in [-0.2, 0) is 14.3 Å². The van der Waals surface area contributed by atoms with Crippen molar-refractivity contribution in [3.8, 4) is 5.75 Å². The van der Waals surface area contributed by atoms with E-state index in [1.165, 1.54) is 36.4 Å². The number of benzene rings is 1. The monoisotopic (exact) mass is 353 g/mol. The number of nitrogens with zero attached hydrogens (tertiary/aromatic N) is 1. The molecule has 2 rings (SSSR count). The van der Waals surface area contributed by atoms with E-state index in [0.717, 1.165) is 25.7 Å². The lowest BCUT2D eigenvalue weighted by molar-refractivity contribution is -0.148. The molecule has 0 unspecified atom stereocenters. The van der Waals surface area contributed by atoms with Crippen molar-refractivity contribution in [2.45, 2.75) is 32.3 Å². The SMILES string of the molecule is O=C(C=Cc1ccc(OC(F)F)cc1)OCC(=O)N1CCCCCC1. The molecule has 1 heterocycles. The number of carbonyl (C=O) groups is 2. The Morgan fingerprint density at radius 3 is 2.32 bits per heavy atom. The second-order valence-corrected chi connectivity index (χ2v) is 5.68. The molecule has 5 nitrogen and oxygen atoms in total. The van der Waals surface area contributed by atoms with Crippen LogP contribution in [0, 0.1) is 0 Å². The Morgan fingerprint density at radius 2 is 1.72 bits per heavy atom. The Kier molecular flexibility index (Phi) is 7.37. The Labute approximate surface area is 145 Å². The van der Waals surface area contributed by atoms with E-state index in [2.05, 4.69) is 4.74 Å². The van der Waals surface area contributed by atoms with Crippen molar-refractivity contribution in [2.75, 3.05) is 19.7 Å². The van der Waals surface area contributed by atoms with E-state index in [1.807, 2.05) is 0 Å². The molecule has 1 aliphatic heterocycles. The van der Waals surface area contributed by atoms with Crippen molar-refractivity contribution < 1.29 is 27.8 Å². The van der Waals surface area contributed by atoms with Gasteiger partial charge in [-0.25, -0.2) is 4.79 Å². The van der Waals surface area contributed by atoms with Crippen molar-refractivity contribution in [3.63, 3.8) is 0 Å². The first-order valence-electron chi connectivity index (χ1n) is 8.22. The van der Waals surface area contributed by atoms with Crippen LogP contribution in [0.3, 0.4) is 0 Å². The first kappa shape index (κ1) is 18.9. The van der Waals surface area contributed by atoms with Gasteiger partial charge in [-0.05, 0) is 36.6 Å². The summed E-state index contributed by atoms with van der Waals surface area (Å²) in [7, 11) is 0. The molecule has 0 aromatic heterocycles. The van der Waals surface area contributed by atoms with E-state index in [-0.39, 0.29) is 18.3 Å². The first-order chi connectivity index (χ1) is 12.0. The number of amides is 1. The molecule has 0 saturated carbocycles. The molecule has 0 radical (unpaired) electrons. The topological polar surface area (TPSA) is 55.8 Å². The molecule has 0 aliphatic carbocycles. The number of halogens is 2. The van der Waals surface area contributed by atoms with Gasteiger partial charge in [0.25, 0.3) is 5.91 Å². The Bertz CT molecular complexity index is 594. The van der Waals surface area contributed by atoms with Gasteiger partial charge >= 0.3 is 12.6 Å². The zero-order valence-corrected chi connectivity index (χ0v) is 13.8. The number of rotatable bonds is 6. The van der Waals surface area contributed by atoms with Gasteiger partial charge < -0.3 is 14.4 Å². The molecule has 1 aromatic carbocycles. The fourth-order valence-electron chi connectivity index (χ4n) is 2.52. The van der Waals surface area contributed by atoms with E-state index < -0.39 is 12.6 Å². The molecule has 1 aliphatic rings. The fourth-order valence-corrected chi connectivity index (χ4v) is 2.52. The third-order valence-electron chi connectivity index (χ3n) is 3.81. The number of alkyl halides is 2. The fraction of sp³-hybridized carbons (Fsp3) is 0.444. The molecule has 136 valence electrons. The molecule has 7 heteroatoms. The molecule has 0 bridgehead atoms. The molecular weight excluding hydrogens is 332 g/mol. The summed E-state index contributed by atoms with van der Waals surface area (Å²) in [6, 6.07) is 5.81. The summed E-state index contributed by atoms with van der Waals surface area (Å²) >= 11 is 0. The van der Waals surface area contributed by atoms with Gasteiger partial charge in [0, 0.05) is 19.2 Å². The molecule has 25 heavy (non-hydrogen) atoms. The van der Waals surface area contributed by atoms with Crippen LogP contribution in [-0.4, -0.2) is 43.1 Å². The number of ether oxygens (including phenoxy) is 2. The van der Waals surface area contributed by atoms with Crippen molar-refractivity contribution in [2.24, 2.45) is 0 Å². The summed E-state index contributed by atoms with van der Waals surface area (Å²) in [5.41, 5.74) is 0.623. The maximum Gasteiger partial charge on any atom is 0.387 e. The highest BCUT2D eigenvalue weighted by Crippen LogP contribution is 2.15. The summed E-state index contributed by atoms with van der Waals surface area (Å²) in [6.45, 7) is -1.74. The summed E-state index contributed by atoms with van der Waals surface area (Å²) in [4.78, 5) is 25.4. The maximum absolute atomic E-state index is 12.1. The molecule has 1 aromatic rings. The van der Waals surface area contributed by atoms with Gasteiger partial charge in [0.1, 0.15) is 5.75 Å². The van der Waals surface area contributed by atoms with Crippen molar-refractivity contribution in [1.29, 1.82) is 0 Å². The largest absolute Gasteiger partial charge is 0.452 e. The van der Waals surface area contributed by atoms with Gasteiger partial charge in [0.2, 0.25) is 0 Å². The molecule has 0 spiro atoms. The van der Waals surface area contributed by atoms with Gasteiger partial charge in [-0.2, -0.15) is 8.78 Å². The normalized spacial score (nSPS) is 15.2. The minimum Gasteiger partial charge on any atom is -0.452 e. The minimum absolute atomic E-state index is 0.0396. The van der Waals surface area contributed by atoms with Crippen LogP contribution in [0.1, 0.15) is 31.2 Å². The molecular formula is C18H21F2NO4. The standard InChI is InChI=1S/C18H21F2NO4/c19-18(20)25-15-8-5-14(6-9-15)7-10-17(23)24-13-16(22)21-11-3-1-2-4-12-21/h5-10,18H,1-4,11-13H2. The molecule has 1 fully saturated rings. The van der Waals surface area contributed by atoms with Crippen LogP contribution >= 0.6 is 0 Å². The Hall–Kier alpha value is -2.44. The van der Waals surface area contributed by atoms with Crippen molar-refractivity contribution in [1.82, 2.24) is 4.90 Å². The van der Waals surface area contributed by atoms with Crippen LogP contribution in [0.25, 0.3) is 6.08 Å². The van der Waals surface area contributed by atoms with Crippen LogP contribution < -0.4 is 4.74 Å². The van der Waals surface area contributed by atoms with E-state index in [0.29, 0.717) is 18.7 Å². The van der Waals surface area contributed by atoms with Crippen molar-refractivity contribution in [3.05, 3.63) is 35.9 Å². The second-order valence-electron chi connectivity index (χ2n) is 5.68. The highest BCUT2D eigenvalue weighted by atomic mass is 19.3. The smallest absolute Gasteiger partial charge is 0.387 e. The zero-order valence-electron chi connectivity index (χ0n) is 13.8. The Morgan fingerprint density at radius 1 is 1.08 bits per heavy atom. The highest BCUT2D eigenvalue weighted by molar-refractivity contribution is 5.89. The van der Waals surface area contributed by atoms with Crippen LogP contribution in [0.5, 0.6) is 5.75 Å². The molecule has 0 atom stereocenters. The van der Waals surface area contributed by atoms with Crippen LogP contribution in [0.15, 0.2) is 30.3 Å². The van der Waals surface area contributed by atoms with Crippen LogP contribution in [0.2, 0.25) is 0 Å². The predicted octanol–water partition coefficient (Wildman–Crippen LogP) is 3.25. The number of likely N-dealkylation sites (tertiary alicyclic amines) is 1. The predicted molar refractivity (Wildman–Crippen MR) is 88.1 cm³/mol. The third-order valence-corrected chi connectivity index (χ3v) is 3.81. The average molecular weight is 353 g/mol. The lowest BCUT2D eigenvalue weighted by atomic mass is 10.2. The lowest BCUT2D eigenvalue weighted by Crippen LogP contribution is -2.35. The minimum atomic E-state index is -2.88. The second kappa shape index (κ2) is 9.76. The van der Waals surface area contributed by atoms with Gasteiger partial charge in [-0.3, -0.25) is 4.79 Å². The van der Waals surface area contributed by atoms with Gasteiger partial charge in [0.15, 0.2) is 6.61 Å². The molecule has 1 amide bonds. The van der Waals surface area contributed by atoms with Gasteiger partial charge in [-0.1, -0.05) is 25.0 Å². The lowest BCUT2D eigenvalue weighted by Gasteiger charge is -2.19. The molecule has 1 saturated heterocycles. The van der Waals surface area contributed by atoms with Crippen LogP contribution in [0.4, 0.5) is 8.78 Å². The van der Waals surface area contributed by atoms with Gasteiger partial charge in [0.05, 0.1) is 0 Å². The summed E-state index contributed by atoms with van der Waals surface area (Å²) in [5, 5.41) is 0. The molecule has 0 N–H and O–H groups in total. The number of carbonyl (C=O) groups excluding carboxylic acids is 2. The average Bonchev–Trinajstić information content (AvgIpc) is 2.88. The Balaban J connectivity index is 1.77. The first-order valence-corrected chi connectivity index (χ1v) is 8.22. The third kappa shape index (κ3) is 6.91. The number of hydrogen-bond donors (Lipinski definition) is 0. The van der Waals surface area contributed by atoms with E-state index in [1.54, 1.807) is 4.90 Å². The van der Waals surface area contributed by atoms with E-state index in [9.17, 15) is 18.4 Å². The number of hydrogen-bond acceptors (Lipinski definition) is 4. The van der Waals surface area contributed by atoms with E-state index >= 15 is 0 Å². The zero-order chi connectivity index (χ0) is 18.1.